The largest absolute Gasteiger partial charge is 0.481 e. The quantitative estimate of drug-likeness (QED) is 0.0251. The number of carbonyl (C=O) groups is 25. The smallest absolute Gasteiger partial charge is 0.328 e. The molecule has 2 saturated heterocycles. The van der Waals surface area contributed by atoms with E-state index in [1.54, 1.807) is 0 Å². The van der Waals surface area contributed by atoms with E-state index in [9.17, 15) is 161 Å². The van der Waals surface area contributed by atoms with Crippen molar-refractivity contribution < 1.29 is 161 Å². The SMILES string of the molecule is C[C@H](NC(=O)[C@H](C)NC(=O)[C@H](CO)NC(=O)[C@@H]1CCCN1C(=O)CNC(=O)[C@H](CCCCN)NC(=O)[C@H](CO)NC(=O)[C@H](CCCCN)NC(=O)[C@H](CCCCN)NC(=O)[C@H](CCCCN)NC(=O)[C@@H](N)CCCCN)C(=O)NCC(=O)N[C@@H](CCC(=O)O)C(=O)N[C@@H](CCC(N)=O)C(=O)N[C@@H](CCC(=O)O)C(=O)N1CCC[C@H]1C(=O)N[C@@H](CC(=O)O)C(=O)N[C@@H](CCCCN)C(=O)N[C@@H](CCC(=O)O)C(=O)N[C@@H](CO)C(=O)O. The molecule has 60 heteroatoms. The highest BCUT2D eigenvalue weighted by atomic mass is 16.4. The summed E-state index contributed by atoms with van der Waals surface area (Å²) in [7, 11) is 0. The summed E-state index contributed by atoms with van der Waals surface area (Å²) in [5.41, 5.74) is 45.7. The summed E-state index contributed by atoms with van der Waals surface area (Å²) in [5, 5.41) is 118. The molecular formula is C89H153N27O33. The van der Waals surface area contributed by atoms with E-state index in [1.165, 1.54) is 0 Å². The van der Waals surface area contributed by atoms with Crippen molar-refractivity contribution in [3.05, 3.63) is 0 Å². The third-order valence-corrected chi connectivity index (χ3v) is 23.9. The van der Waals surface area contributed by atoms with E-state index in [4.69, 9.17) is 45.9 Å². The number of carboxylic acid groups (broad SMARTS) is 5. The Bertz CT molecular complexity index is 4480. The van der Waals surface area contributed by atoms with Gasteiger partial charge in [0.1, 0.15) is 103 Å². The second kappa shape index (κ2) is 71.8. The van der Waals surface area contributed by atoms with Gasteiger partial charge < -0.3 is 187 Å². The van der Waals surface area contributed by atoms with Gasteiger partial charge in [-0.25, -0.2) is 4.79 Å². The molecule has 0 aromatic rings. The lowest BCUT2D eigenvalue weighted by atomic mass is 10.0. The van der Waals surface area contributed by atoms with Crippen molar-refractivity contribution in [2.24, 2.45) is 45.9 Å². The minimum Gasteiger partial charge on any atom is -0.481 e. The molecule has 0 aromatic carbocycles. The number of carbonyl (C=O) groups excluding carboxylic acids is 20. The monoisotopic (exact) mass is 2130 g/mol. The number of amides is 20. The number of rotatable bonds is 78. The Labute approximate surface area is 858 Å². The van der Waals surface area contributed by atoms with E-state index in [2.05, 4.69) is 85.1 Å². The van der Waals surface area contributed by atoms with Gasteiger partial charge in [0, 0.05) is 38.8 Å². The van der Waals surface area contributed by atoms with Gasteiger partial charge in [0.15, 0.2) is 0 Å². The normalized spacial score (nSPS) is 16.3. The van der Waals surface area contributed by atoms with Gasteiger partial charge in [-0.15, -0.1) is 0 Å². The summed E-state index contributed by atoms with van der Waals surface area (Å²) in [6, 6.07) is -29.2. The van der Waals surface area contributed by atoms with Gasteiger partial charge >= 0.3 is 29.8 Å². The lowest BCUT2D eigenvalue weighted by molar-refractivity contribution is -0.145. The van der Waals surface area contributed by atoms with Crippen molar-refractivity contribution in [3.63, 3.8) is 0 Å². The van der Waals surface area contributed by atoms with Crippen LogP contribution in [-0.2, 0) is 120 Å². The van der Waals surface area contributed by atoms with Crippen LogP contribution < -0.4 is 136 Å². The molecule has 2 aliphatic heterocycles. The van der Waals surface area contributed by atoms with Crippen LogP contribution in [-0.4, -0.2) is 393 Å². The molecule has 149 heavy (non-hydrogen) atoms. The third-order valence-electron chi connectivity index (χ3n) is 23.9. The van der Waals surface area contributed by atoms with Crippen molar-refractivity contribution in [2.75, 3.05) is 85.3 Å². The van der Waals surface area contributed by atoms with Crippen LogP contribution in [0.4, 0.5) is 0 Å². The number of likely N-dealkylation sites (tertiary alicyclic amines) is 2. The summed E-state index contributed by atoms with van der Waals surface area (Å²) in [5.74, 6) is -29.4. The van der Waals surface area contributed by atoms with Crippen LogP contribution in [0.15, 0.2) is 0 Å². The van der Waals surface area contributed by atoms with E-state index < -0.39 is 347 Å². The van der Waals surface area contributed by atoms with Crippen LogP contribution in [0.2, 0.25) is 0 Å². The minimum absolute atomic E-state index is 0.000965. The van der Waals surface area contributed by atoms with E-state index in [1.807, 2.05) is 5.32 Å². The number of aliphatic hydroxyl groups is 3. The highest BCUT2D eigenvalue weighted by Crippen LogP contribution is 2.23. The van der Waals surface area contributed by atoms with Crippen molar-refractivity contribution in [1.29, 1.82) is 0 Å². The average Bonchev–Trinajstić information content (AvgIpc) is 1.70. The minimum atomic E-state index is -2.08. The molecule has 18 atom stereocenters. The molecule has 0 radical (unpaired) electrons. The predicted molar refractivity (Wildman–Crippen MR) is 521 cm³/mol. The van der Waals surface area contributed by atoms with Gasteiger partial charge in [-0.05, 0) is 214 Å². The fourth-order valence-corrected chi connectivity index (χ4v) is 15.4. The predicted octanol–water partition coefficient (Wildman–Crippen LogP) is -14.0. The first-order valence-corrected chi connectivity index (χ1v) is 49.5. The summed E-state index contributed by atoms with van der Waals surface area (Å²) in [6.07, 6.45) is -2.92. The van der Waals surface area contributed by atoms with Gasteiger partial charge in [-0.3, -0.25) is 115 Å². The lowest BCUT2D eigenvalue weighted by Crippen LogP contribution is -2.60. The number of nitrogens with two attached hydrogens (primary N) is 8. The van der Waals surface area contributed by atoms with Crippen LogP contribution in [0.3, 0.4) is 0 Å². The maximum Gasteiger partial charge on any atom is 0.328 e. The number of carboxylic acids is 5. The first-order chi connectivity index (χ1) is 70.6. The van der Waals surface area contributed by atoms with Crippen molar-refractivity contribution in [1.82, 2.24) is 100 Å². The first-order valence-electron chi connectivity index (χ1n) is 49.5. The molecule has 2 aliphatic rings. The van der Waals surface area contributed by atoms with Gasteiger partial charge in [-0.1, -0.05) is 6.42 Å². The average molecular weight is 2130 g/mol. The number of nitrogens with one attached hydrogen (secondary N) is 17. The molecule has 2 rings (SSSR count). The molecule has 20 amide bonds. The fourth-order valence-electron chi connectivity index (χ4n) is 15.4. The molecule has 0 spiro atoms. The first kappa shape index (κ1) is 131. The van der Waals surface area contributed by atoms with Crippen LogP contribution in [0, 0.1) is 0 Å². The zero-order valence-electron chi connectivity index (χ0n) is 83.8. The van der Waals surface area contributed by atoms with Gasteiger partial charge in [0.05, 0.1) is 45.4 Å². The van der Waals surface area contributed by atoms with Crippen molar-refractivity contribution >= 4 is 148 Å². The Kier molecular flexibility index (Phi) is 63.4. The summed E-state index contributed by atoms with van der Waals surface area (Å²) >= 11 is 0. The van der Waals surface area contributed by atoms with E-state index in [0.717, 1.165) is 23.6 Å². The zero-order chi connectivity index (χ0) is 112. The highest BCUT2D eigenvalue weighted by molar-refractivity contribution is 6.03. The number of hydrogen-bond acceptors (Lipinski definition) is 35. The highest BCUT2D eigenvalue weighted by Gasteiger charge is 2.44. The number of unbranched alkanes of at least 4 members (excludes halogenated alkanes) is 6. The van der Waals surface area contributed by atoms with Crippen LogP contribution >= 0.6 is 0 Å². The Morgan fingerprint density at radius 2 is 0.577 bits per heavy atom. The molecule has 0 aliphatic carbocycles. The van der Waals surface area contributed by atoms with E-state index in [0.29, 0.717) is 64.5 Å². The topological polar surface area (TPSA) is 1010 Å². The van der Waals surface area contributed by atoms with Gasteiger partial charge in [-0.2, -0.15) is 0 Å². The lowest BCUT2D eigenvalue weighted by Gasteiger charge is -2.31. The maximum absolute atomic E-state index is 14.6. The molecule has 842 valence electrons. The third kappa shape index (κ3) is 50.3. The second-order valence-electron chi connectivity index (χ2n) is 35.8. The Morgan fingerprint density at radius 3 is 0.960 bits per heavy atom. The number of primary amides is 1. The molecule has 0 saturated carbocycles. The summed E-state index contributed by atoms with van der Waals surface area (Å²) in [6.45, 7) is -1.91. The molecule has 2 fully saturated rings. The molecule has 0 aromatic heterocycles. The van der Waals surface area contributed by atoms with Gasteiger partial charge in [0.2, 0.25) is 118 Å². The number of aliphatic hydroxyl groups excluding tert-OH is 3. The van der Waals surface area contributed by atoms with Crippen LogP contribution in [0.25, 0.3) is 0 Å². The van der Waals surface area contributed by atoms with E-state index in [-0.39, 0.29) is 129 Å². The van der Waals surface area contributed by atoms with Gasteiger partial charge in [0.25, 0.3) is 0 Å². The van der Waals surface area contributed by atoms with E-state index >= 15 is 0 Å². The Balaban J connectivity index is 2.26. The molecule has 2 heterocycles. The fraction of sp³-hybridized carbons (Fsp3) is 0.719. The molecule has 0 bridgehead atoms. The molecule has 60 nitrogen and oxygen atoms in total. The Hall–Kier alpha value is -13.6. The van der Waals surface area contributed by atoms with Crippen LogP contribution in [0.5, 0.6) is 0 Å². The van der Waals surface area contributed by atoms with Crippen LogP contribution in [0.1, 0.15) is 213 Å². The maximum atomic E-state index is 14.6. The second-order valence-corrected chi connectivity index (χ2v) is 35.8. The molecular weight excluding hydrogens is 1980 g/mol. The van der Waals surface area contributed by atoms with Crippen molar-refractivity contribution in [2.45, 2.75) is 322 Å². The summed E-state index contributed by atoms with van der Waals surface area (Å²) in [4.78, 5) is 337. The number of aliphatic carboxylic acids is 5. The zero-order valence-corrected chi connectivity index (χ0v) is 83.8. The van der Waals surface area contributed by atoms with Crippen molar-refractivity contribution in [3.8, 4) is 0 Å². The number of hydrogen-bond donors (Lipinski definition) is 33. The standard InChI is InChI=1S/C89H153N27O33/c1-47(72(131)98-42-66(121)102-55(26-30-68(123)124)80(139)108-56(25-29-65(97)120)81(140)110-58(28-32-70(127)128)88(147)116-40-16-24-64(116)87(146)111-59(41-71(129)130)83(142)107-53(21-7-13-37-94)78(137)109-57(27-31-69(125)126)82(141)114-62(46-119)89(148)149)100-73(132)48(2)101-84(143)60(44-117)113-86(145)63-23-15-39-115(63)67(122)43-99-75(134)50(18-4-10-34-91)104-85(144)61(45-118)112-79(138)54(22-8-14-38-95)106-77(136)52(20-6-12-36-93)105-76(135)51(19-5-11-35-92)103-74(133)49(96)17-3-9-33-90/h47-64,117-119H,3-46,90-96H2,1-2H3,(H2,97,120)(H,98,131)(H,99,134)(H,100,132)(H,101,143)(H,102,121)(H,103,133)(H,104,144)(H,105,135)(H,106,136)(H,107,142)(H,108,139)(H,109,137)(H,110,140)(H,111,146)(H,112,138)(H,113,145)(H,114,141)(H,123,124)(H,125,126)(H,127,128)(H,129,130)(H,148,149)/t47-,48-,49-,50-,51-,52-,53-,54-,55-,56-,57-,58-,59-,60-,61-,62-,63-,64-/m0/s1. The summed E-state index contributed by atoms with van der Waals surface area (Å²) < 4.78 is 0. The number of nitrogens with zero attached hydrogens (tertiary/aromatic N) is 2. The molecule has 41 N–H and O–H groups in total. The molecule has 0 unspecified atom stereocenters. The Morgan fingerprint density at radius 1 is 0.289 bits per heavy atom.